The van der Waals surface area contributed by atoms with Gasteiger partial charge < -0.3 is 10.8 Å². The molecule has 0 bridgehead atoms. The van der Waals surface area contributed by atoms with Gasteiger partial charge in [-0.3, -0.25) is 0 Å². The van der Waals surface area contributed by atoms with Crippen molar-refractivity contribution in [2.45, 2.75) is 58.4 Å². The minimum absolute atomic E-state index is 0.161. The predicted octanol–water partition coefficient (Wildman–Crippen LogP) is 2.30. The molecule has 2 atom stereocenters. The van der Waals surface area contributed by atoms with E-state index in [1.165, 1.54) is 25.7 Å². The van der Waals surface area contributed by atoms with E-state index >= 15 is 0 Å². The lowest BCUT2D eigenvalue weighted by atomic mass is 9.67. The van der Waals surface area contributed by atoms with Crippen LogP contribution in [0.4, 0.5) is 0 Å². The van der Waals surface area contributed by atoms with E-state index in [1.54, 1.807) is 0 Å². The molecule has 14 heavy (non-hydrogen) atoms. The van der Waals surface area contributed by atoms with Gasteiger partial charge >= 0.3 is 0 Å². The first-order valence-electron chi connectivity index (χ1n) is 5.99. The Balaban J connectivity index is 2.49. The van der Waals surface area contributed by atoms with Crippen LogP contribution in [0.2, 0.25) is 0 Å². The lowest BCUT2D eigenvalue weighted by molar-refractivity contribution is 0.104. The van der Waals surface area contributed by atoms with Crippen LogP contribution in [0.1, 0.15) is 52.4 Å². The summed E-state index contributed by atoms with van der Waals surface area (Å²) in [7, 11) is 0. The van der Waals surface area contributed by atoms with Gasteiger partial charge in [-0.25, -0.2) is 0 Å². The average molecular weight is 199 g/mol. The summed E-state index contributed by atoms with van der Waals surface area (Å²) in [6, 6.07) is 0.246. The molecule has 2 unspecified atom stereocenters. The molecule has 0 amide bonds. The molecule has 1 aliphatic rings. The fourth-order valence-electron chi connectivity index (χ4n) is 2.54. The van der Waals surface area contributed by atoms with Gasteiger partial charge in [0.05, 0.1) is 0 Å². The van der Waals surface area contributed by atoms with Crippen molar-refractivity contribution in [3.8, 4) is 0 Å². The second kappa shape index (κ2) is 5.13. The highest BCUT2D eigenvalue weighted by molar-refractivity contribution is 4.88. The van der Waals surface area contributed by atoms with E-state index in [0.717, 1.165) is 18.8 Å². The number of aliphatic hydroxyl groups excluding tert-OH is 1. The molecule has 0 aromatic heterocycles. The quantitative estimate of drug-likeness (QED) is 0.689. The molecular formula is C12H25NO. The van der Waals surface area contributed by atoms with E-state index in [1.807, 2.05) is 0 Å². The van der Waals surface area contributed by atoms with Crippen molar-refractivity contribution in [2.24, 2.45) is 17.1 Å². The van der Waals surface area contributed by atoms with Gasteiger partial charge in [-0.2, -0.15) is 0 Å². The Bertz CT molecular complexity index is 168. The van der Waals surface area contributed by atoms with Crippen LogP contribution in [0.5, 0.6) is 0 Å². The first kappa shape index (κ1) is 12.0. The average Bonchev–Trinajstić information content (AvgIpc) is 2.11. The molecule has 3 N–H and O–H groups in total. The Morgan fingerprint density at radius 3 is 2.50 bits per heavy atom. The molecule has 1 rings (SSSR count). The fourth-order valence-corrected chi connectivity index (χ4v) is 2.54. The normalized spacial score (nSPS) is 24.0. The van der Waals surface area contributed by atoms with Gasteiger partial charge in [-0.15, -0.1) is 0 Å². The summed E-state index contributed by atoms with van der Waals surface area (Å²) in [6.07, 6.45) is 7.22. The van der Waals surface area contributed by atoms with Gasteiger partial charge in [0, 0.05) is 12.6 Å². The topological polar surface area (TPSA) is 46.2 Å². The molecule has 84 valence electrons. The highest BCUT2D eigenvalue weighted by Gasteiger charge is 2.34. The van der Waals surface area contributed by atoms with Crippen molar-refractivity contribution in [1.29, 1.82) is 0 Å². The van der Waals surface area contributed by atoms with Gasteiger partial charge in [0.1, 0.15) is 0 Å². The summed E-state index contributed by atoms with van der Waals surface area (Å²) in [5, 5.41) is 9.09. The maximum absolute atomic E-state index is 9.09. The third kappa shape index (κ3) is 2.71. The fraction of sp³-hybridized carbons (Fsp3) is 1.00. The van der Waals surface area contributed by atoms with Crippen molar-refractivity contribution >= 4 is 0 Å². The molecule has 0 aromatic carbocycles. The molecule has 2 heteroatoms. The van der Waals surface area contributed by atoms with Crippen LogP contribution < -0.4 is 5.73 Å². The van der Waals surface area contributed by atoms with Gasteiger partial charge in [0.2, 0.25) is 0 Å². The first-order valence-corrected chi connectivity index (χ1v) is 5.99. The van der Waals surface area contributed by atoms with Crippen LogP contribution in [-0.4, -0.2) is 17.8 Å². The van der Waals surface area contributed by atoms with E-state index in [9.17, 15) is 0 Å². The highest BCUT2D eigenvalue weighted by atomic mass is 16.3. The zero-order chi connectivity index (χ0) is 10.6. The summed E-state index contributed by atoms with van der Waals surface area (Å²) in [4.78, 5) is 0. The first-order chi connectivity index (χ1) is 6.62. The summed E-state index contributed by atoms with van der Waals surface area (Å²) in [6.45, 7) is 4.66. The number of rotatable bonds is 6. The molecule has 0 saturated heterocycles. The SMILES string of the molecule is CCC(N)C(C)(CCO)CC1CCC1. The Kier molecular flexibility index (Phi) is 4.39. The van der Waals surface area contributed by atoms with Crippen molar-refractivity contribution in [3.63, 3.8) is 0 Å². The standard InChI is InChI=1S/C12H25NO/c1-3-11(13)12(2,7-8-14)9-10-5-4-6-10/h10-11,14H,3-9,13H2,1-2H3. The number of aliphatic hydroxyl groups is 1. The Morgan fingerprint density at radius 2 is 2.14 bits per heavy atom. The minimum atomic E-state index is 0.161. The lowest BCUT2D eigenvalue weighted by Crippen LogP contribution is -2.42. The van der Waals surface area contributed by atoms with Crippen molar-refractivity contribution in [3.05, 3.63) is 0 Å². The Morgan fingerprint density at radius 1 is 1.50 bits per heavy atom. The molecule has 0 spiro atoms. The molecule has 0 aliphatic heterocycles. The molecule has 0 radical (unpaired) electrons. The van der Waals surface area contributed by atoms with E-state index in [-0.39, 0.29) is 18.1 Å². The predicted molar refractivity (Wildman–Crippen MR) is 60.0 cm³/mol. The van der Waals surface area contributed by atoms with Crippen LogP contribution in [0.25, 0.3) is 0 Å². The van der Waals surface area contributed by atoms with E-state index < -0.39 is 0 Å². The molecule has 1 fully saturated rings. The van der Waals surface area contributed by atoms with E-state index in [4.69, 9.17) is 10.8 Å². The zero-order valence-electron chi connectivity index (χ0n) is 9.63. The van der Waals surface area contributed by atoms with Crippen LogP contribution in [0.15, 0.2) is 0 Å². The molecule has 1 saturated carbocycles. The third-order valence-electron chi connectivity index (χ3n) is 4.00. The Hall–Kier alpha value is -0.0800. The number of hydrogen-bond acceptors (Lipinski definition) is 2. The third-order valence-corrected chi connectivity index (χ3v) is 4.00. The second-order valence-corrected chi connectivity index (χ2v) is 5.14. The maximum atomic E-state index is 9.09. The largest absolute Gasteiger partial charge is 0.396 e. The summed E-state index contributed by atoms with van der Waals surface area (Å²) in [5.41, 5.74) is 6.31. The van der Waals surface area contributed by atoms with Crippen molar-refractivity contribution < 1.29 is 5.11 Å². The van der Waals surface area contributed by atoms with Crippen molar-refractivity contribution in [2.75, 3.05) is 6.61 Å². The Labute approximate surface area is 87.9 Å². The maximum Gasteiger partial charge on any atom is 0.0436 e. The van der Waals surface area contributed by atoms with Crippen molar-refractivity contribution in [1.82, 2.24) is 0 Å². The monoisotopic (exact) mass is 199 g/mol. The van der Waals surface area contributed by atoms with Gasteiger partial charge in [0.15, 0.2) is 0 Å². The number of hydrogen-bond donors (Lipinski definition) is 2. The summed E-state index contributed by atoms with van der Waals surface area (Å²) < 4.78 is 0. The zero-order valence-corrected chi connectivity index (χ0v) is 9.63. The smallest absolute Gasteiger partial charge is 0.0436 e. The van der Waals surface area contributed by atoms with Crippen LogP contribution in [0, 0.1) is 11.3 Å². The lowest BCUT2D eigenvalue weighted by Gasteiger charge is -2.40. The van der Waals surface area contributed by atoms with E-state index in [0.29, 0.717) is 0 Å². The molecule has 0 heterocycles. The highest BCUT2D eigenvalue weighted by Crippen LogP contribution is 2.41. The molecule has 0 aromatic rings. The minimum Gasteiger partial charge on any atom is -0.396 e. The molecular weight excluding hydrogens is 174 g/mol. The van der Waals surface area contributed by atoms with Gasteiger partial charge in [-0.1, -0.05) is 33.1 Å². The molecule has 2 nitrogen and oxygen atoms in total. The van der Waals surface area contributed by atoms with Crippen LogP contribution in [0.3, 0.4) is 0 Å². The molecule has 1 aliphatic carbocycles. The second-order valence-electron chi connectivity index (χ2n) is 5.14. The number of nitrogens with two attached hydrogens (primary N) is 1. The summed E-state index contributed by atoms with van der Waals surface area (Å²) in [5.74, 6) is 0.879. The van der Waals surface area contributed by atoms with Crippen LogP contribution in [-0.2, 0) is 0 Å². The van der Waals surface area contributed by atoms with Gasteiger partial charge in [-0.05, 0) is 30.6 Å². The summed E-state index contributed by atoms with van der Waals surface area (Å²) >= 11 is 0. The van der Waals surface area contributed by atoms with Gasteiger partial charge in [0.25, 0.3) is 0 Å². The van der Waals surface area contributed by atoms with Crippen LogP contribution >= 0.6 is 0 Å². The van der Waals surface area contributed by atoms with E-state index in [2.05, 4.69) is 13.8 Å².